The Morgan fingerprint density at radius 2 is 1.96 bits per heavy atom. The van der Waals surface area contributed by atoms with Gasteiger partial charge in [0.15, 0.2) is 29.0 Å². The highest BCUT2D eigenvalue weighted by atomic mass is 19.2. The Kier molecular flexibility index (Phi) is 4.63. The van der Waals surface area contributed by atoms with Crippen molar-refractivity contribution in [1.82, 2.24) is 0 Å². The van der Waals surface area contributed by atoms with Crippen molar-refractivity contribution < 1.29 is 23.2 Å². The molecule has 1 aliphatic rings. The summed E-state index contributed by atoms with van der Waals surface area (Å²) < 4.78 is 26.7. The van der Waals surface area contributed by atoms with Crippen molar-refractivity contribution >= 4 is 29.1 Å². The van der Waals surface area contributed by atoms with Gasteiger partial charge in [0.1, 0.15) is 5.71 Å². The molecule has 1 aromatic carbocycles. The van der Waals surface area contributed by atoms with E-state index in [1.165, 1.54) is 13.0 Å². The van der Waals surface area contributed by atoms with E-state index in [1.807, 2.05) is 0 Å². The molecule has 0 radical (unpaired) electrons. The van der Waals surface area contributed by atoms with Gasteiger partial charge < -0.3 is 0 Å². The first-order chi connectivity index (χ1) is 10.8. The van der Waals surface area contributed by atoms with E-state index >= 15 is 0 Å². The Bertz CT molecular complexity index is 740. The molecule has 1 aromatic rings. The minimum Gasteiger partial charge on any atom is -0.294 e. The van der Waals surface area contributed by atoms with E-state index in [1.54, 1.807) is 0 Å². The largest absolute Gasteiger partial charge is 0.294 e. The molecule has 0 heterocycles. The molecule has 0 saturated heterocycles. The van der Waals surface area contributed by atoms with Gasteiger partial charge in [-0.25, -0.2) is 8.78 Å². The van der Waals surface area contributed by atoms with Gasteiger partial charge in [0.2, 0.25) is 0 Å². The third kappa shape index (κ3) is 3.02. The maximum Gasteiger partial charge on any atom is 0.187 e. The molecular weight excluding hydrogens is 304 g/mol. The standard InChI is InChI=1S/C17H15F2NO3/c1-3-9-6-12(18)13(19)7-11(9)16(22)8(2)10-4-5-14(21)15(20)17(10)23/h3,6-8,10,20H,1,4-5H2,2H3/t8-,10?/m1/s1. The van der Waals surface area contributed by atoms with E-state index in [0.29, 0.717) is 0 Å². The lowest BCUT2D eigenvalue weighted by molar-refractivity contribution is -0.123. The van der Waals surface area contributed by atoms with E-state index in [2.05, 4.69) is 6.58 Å². The second-order valence-corrected chi connectivity index (χ2v) is 5.52. The second-order valence-electron chi connectivity index (χ2n) is 5.52. The van der Waals surface area contributed by atoms with Crippen LogP contribution in [-0.2, 0) is 9.59 Å². The van der Waals surface area contributed by atoms with Crippen LogP contribution in [0.4, 0.5) is 8.78 Å². The molecule has 120 valence electrons. The molecule has 1 unspecified atom stereocenters. The van der Waals surface area contributed by atoms with Gasteiger partial charge in [-0.3, -0.25) is 19.8 Å². The molecule has 0 aliphatic heterocycles. The molecule has 1 aliphatic carbocycles. The number of rotatable bonds is 4. The maximum absolute atomic E-state index is 13.4. The average Bonchev–Trinajstić information content (AvgIpc) is 2.53. The molecule has 0 aromatic heterocycles. The fourth-order valence-electron chi connectivity index (χ4n) is 2.72. The van der Waals surface area contributed by atoms with Crippen molar-refractivity contribution in [3.63, 3.8) is 0 Å². The number of carbonyl (C=O) groups is 3. The molecule has 6 heteroatoms. The number of hydrogen-bond donors (Lipinski definition) is 1. The summed E-state index contributed by atoms with van der Waals surface area (Å²) in [5, 5.41) is 7.47. The van der Waals surface area contributed by atoms with Gasteiger partial charge in [-0.1, -0.05) is 19.6 Å². The average molecular weight is 319 g/mol. The normalized spacial score (nSPS) is 19.6. The van der Waals surface area contributed by atoms with E-state index < -0.39 is 46.5 Å². The first-order valence-electron chi connectivity index (χ1n) is 7.09. The summed E-state index contributed by atoms with van der Waals surface area (Å²) in [5.74, 6) is -5.66. The number of Topliss-reactive ketones (excluding diaryl/α,β-unsaturated/α-hetero) is 3. The van der Waals surface area contributed by atoms with Gasteiger partial charge in [-0.15, -0.1) is 0 Å². The van der Waals surface area contributed by atoms with Crippen LogP contribution in [-0.4, -0.2) is 23.1 Å². The third-order valence-electron chi connectivity index (χ3n) is 4.14. The lowest BCUT2D eigenvalue weighted by Gasteiger charge is -2.25. The van der Waals surface area contributed by atoms with Crippen molar-refractivity contribution in [3.8, 4) is 0 Å². The third-order valence-corrected chi connectivity index (χ3v) is 4.14. The zero-order chi connectivity index (χ0) is 17.3. The Morgan fingerprint density at radius 1 is 1.35 bits per heavy atom. The molecule has 0 spiro atoms. The smallest absolute Gasteiger partial charge is 0.187 e. The summed E-state index contributed by atoms with van der Waals surface area (Å²) >= 11 is 0. The molecule has 2 rings (SSSR count). The summed E-state index contributed by atoms with van der Waals surface area (Å²) in [6, 6.07) is 1.66. The Labute approximate surface area is 131 Å². The molecule has 0 bridgehead atoms. The lowest BCUT2D eigenvalue weighted by atomic mass is 9.75. The van der Waals surface area contributed by atoms with Crippen molar-refractivity contribution in [3.05, 3.63) is 41.5 Å². The maximum atomic E-state index is 13.4. The van der Waals surface area contributed by atoms with Gasteiger partial charge in [0, 0.05) is 23.8 Å². The van der Waals surface area contributed by atoms with Crippen LogP contribution in [0, 0.1) is 28.9 Å². The molecular formula is C17H15F2NO3. The molecule has 2 atom stereocenters. The molecule has 0 amide bonds. The molecule has 1 fully saturated rings. The topological polar surface area (TPSA) is 75.1 Å². The number of halogens is 2. The molecule has 1 saturated carbocycles. The number of ketones is 3. The predicted octanol–water partition coefficient (Wildman–Crippen LogP) is 2.99. The van der Waals surface area contributed by atoms with Gasteiger partial charge in [-0.2, -0.15) is 0 Å². The van der Waals surface area contributed by atoms with Crippen LogP contribution in [0.1, 0.15) is 35.7 Å². The minimum absolute atomic E-state index is 0.0267. The van der Waals surface area contributed by atoms with Crippen LogP contribution in [0.5, 0.6) is 0 Å². The van der Waals surface area contributed by atoms with Gasteiger partial charge in [0.05, 0.1) is 0 Å². The quantitative estimate of drug-likeness (QED) is 0.867. The highest BCUT2D eigenvalue weighted by Crippen LogP contribution is 2.29. The van der Waals surface area contributed by atoms with Crippen LogP contribution >= 0.6 is 0 Å². The predicted molar refractivity (Wildman–Crippen MR) is 80.4 cm³/mol. The zero-order valence-corrected chi connectivity index (χ0v) is 12.5. The fraction of sp³-hybridized carbons (Fsp3) is 0.294. The fourth-order valence-corrected chi connectivity index (χ4v) is 2.72. The van der Waals surface area contributed by atoms with Crippen LogP contribution in [0.25, 0.3) is 6.08 Å². The summed E-state index contributed by atoms with van der Waals surface area (Å²) in [6.45, 7) is 4.95. The van der Waals surface area contributed by atoms with E-state index in [4.69, 9.17) is 5.41 Å². The van der Waals surface area contributed by atoms with Crippen LogP contribution in [0.2, 0.25) is 0 Å². The first kappa shape index (κ1) is 16.9. The van der Waals surface area contributed by atoms with Crippen LogP contribution < -0.4 is 0 Å². The van der Waals surface area contributed by atoms with E-state index in [9.17, 15) is 23.2 Å². The van der Waals surface area contributed by atoms with Crippen LogP contribution in [0.15, 0.2) is 18.7 Å². The van der Waals surface area contributed by atoms with Gasteiger partial charge in [0.25, 0.3) is 0 Å². The zero-order valence-electron chi connectivity index (χ0n) is 12.5. The summed E-state index contributed by atoms with van der Waals surface area (Å²) in [4.78, 5) is 36.0. The second kappa shape index (κ2) is 6.32. The van der Waals surface area contributed by atoms with Gasteiger partial charge >= 0.3 is 0 Å². The summed E-state index contributed by atoms with van der Waals surface area (Å²) in [7, 11) is 0. The molecule has 23 heavy (non-hydrogen) atoms. The first-order valence-corrected chi connectivity index (χ1v) is 7.09. The summed E-state index contributed by atoms with van der Waals surface area (Å²) in [6.07, 6.45) is 1.43. The SMILES string of the molecule is C=Cc1cc(F)c(F)cc1C(=O)[C@H](C)C1CCC(=O)C(=N)C1=O. The van der Waals surface area contributed by atoms with Crippen molar-refractivity contribution in [2.75, 3.05) is 0 Å². The summed E-state index contributed by atoms with van der Waals surface area (Å²) in [5.41, 5.74) is -0.534. The van der Waals surface area contributed by atoms with Gasteiger partial charge in [-0.05, 0) is 24.1 Å². The number of hydrogen-bond acceptors (Lipinski definition) is 4. The Balaban J connectivity index is 2.35. The molecule has 4 nitrogen and oxygen atoms in total. The number of carbonyl (C=O) groups excluding carboxylic acids is 3. The monoisotopic (exact) mass is 319 g/mol. The minimum atomic E-state index is -1.16. The number of benzene rings is 1. The highest BCUT2D eigenvalue weighted by molar-refractivity contribution is 6.66. The molecule has 1 N–H and O–H groups in total. The highest BCUT2D eigenvalue weighted by Gasteiger charge is 2.38. The van der Waals surface area contributed by atoms with E-state index in [-0.39, 0.29) is 24.0 Å². The van der Waals surface area contributed by atoms with Crippen molar-refractivity contribution in [2.24, 2.45) is 11.8 Å². The Morgan fingerprint density at radius 3 is 2.57 bits per heavy atom. The van der Waals surface area contributed by atoms with Crippen molar-refractivity contribution in [1.29, 1.82) is 5.41 Å². The number of nitrogens with one attached hydrogen (secondary N) is 1. The lowest BCUT2D eigenvalue weighted by Crippen LogP contribution is -2.40. The van der Waals surface area contributed by atoms with E-state index in [0.717, 1.165) is 12.1 Å². The van der Waals surface area contributed by atoms with Crippen molar-refractivity contribution in [2.45, 2.75) is 19.8 Å². The Hall–Kier alpha value is -2.50. The van der Waals surface area contributed by atoms with Crippen LogP contribution in [0.3, 0.4) is 0 Å².